The van der Waals surface area contributed by atoms with Crippen molar-refractivity contribution in [3.63, 3.8) is 0 Å². The Morgan fingerprint density at radius 1 is 1.07 bits per heavy atom. The minimum absolute atomic E-state index is 0.208. The molecule has 2 N–H and O–H groups in total. The first kappa shape index (κ1) is 22.4. The van der Waals surface area contributed by atoms with Gasteiger partial charge in [0.25, 0.3) is 0 Å². The van der Waals surface area contributed by atoms with Crippen molar-refractivity contribution in [2.24, 2.45) is 0 Å². The van der Waals surface area contributed by atoms with E-state index in [-0.39, 0.29) is 17.9 Å². The van der Waals surface area contributed by atoms with E-state index >= 15 is 0 Å². The summed E-state index contributed by atoms with van der Waals surface area (Å²) < 4.78 is 41.9. The number of carbonyl (C=O) groups is 2. The van der Waals surface area contributed by atoms with Crippen LogP contribution in [0.1, 0.15) is 47.2 Å². The second-order valence-corrected chi connectivity index (χ2v) is 7.50. The van der Waals surface area contributed by atoms with E-state index in [4.69, 9.17) is 9.47 Å². The van der Waals surface area contributed by atoms with Crippen molar-refractivity contribution < 1.29 is 32.6 Å². The summed E-state index contributed by atoms with van der Waals surface area (Å²) >= 11 is 0. The number of aromatic nitrogens is 1. The molecule has 1 aromatic rings. The Morgan fingerprint density at radius 3 is 2.15 bits per heavy atom. The zero-order valence-electron chi connectivity index (χ0n) is 16.2. The number of anilines is 1. The number of nitrogens with zero attached hydrogens (tertiary/aromatic N) is 1. The predicted molar refractivity (Wildman–Crippen MR) is 93.7 cm³/mol. The first-order chi connectivity index (χ1) is 12.3. The van der Waals surface area contributed by atoms with Gasteiger partial charge in [0, 0.05) is 0 Å². The summed E-state index contributed by atoms with van der Waals surface area (Å²) in [7, 11) is 0. The summed E-state index contributed by atoms with van der Waals surface area (Å²) in [4.78, 5) is 27.3. The first-order valence-corrected chi connectivity index (χ1v) is 8.15. The lowest BCUT2D eigenvalue weighted by Crippen LogP contribution is -2.32. The molecule has 1 aromatic heterocycles. The smallest absolute Gasteiger partial charge is 0.412 e. The Balaban J connectivity index is 2.93. The summed E-state index contributed by atoms with van der Waals surface area (Å²) in [6.07, 6.45) is -0.580. The average Bonchev–Trinajstić information content (AvgIpc) is 2.46. The van der Waals surface area contributed by atoms with Crippen molar-refractivity contribution >= 4 is 17.9 Å². The van der Waals surface area contributed by atoms with Crippen LogP contribution in [0.5, 0.6) is 5.75 Å². The molecule has 0 aliphatic carbocycles. The summed E-state index contributed by atoms with van der Waals surface area (Å²) in [5.41, 5.74) is -1.94. The number of hydrogen-bond donors (Lipinski definition) is 2. The van der Waals surface area contributed by atoms with Gasteiger partial charge in [-0.05, 0) is 41.5 Å². The summed E-state index contributed by atoms with van der Waals surface area (Å²) in [5.74, 6) is -1.59. The number of amides is 2. The van der Waals surface area contributed by atoms with E-state index in [1.807, 2.05) is 0 Å². The van der Waals surface area contributed by atoms with Gasteiger partial charge in [-0.25, -0.2) is 18.4 Å². The molecule has 0 bridgehead atoms. The fraction of sp³-hybridized carbons (Fsp3) is 0.588. The van der Waals surface area contributed by atoms with Gasteiger partial charge in [-0.15, -0.1) is 0 Å². The molecule has 1 rings (SSSR count). The number of alkyl carbamates (subject to hydrolysis) is 1. The second kappa shape index (κ2) is 8.83. The number of halogens is 2. The molecule has 10 heteroatoms. The van der Waals surface area contributed by atoms with Gasteiger partial charge in [0.05, 0.1) is 18.4 Å². The highest BCUT2D eigenvalue weighted by molar-refractivity contribution is 5.86. The Labute approximate surface area is 156 Å². The lowest BCUT2D eigenvalue weighted by molar-refractivity contribution is 0.0521. The molecule has 1 heterocycles. The molecule has 0 saturated heterocycles. The SMILES string of the molecule is CC(C)(C)OC(=O)NCc1ncc(NC(=O)OC(C)(C)C)c(OCF)c1F. The van der Waals surface area contributed by atoms with Crippen molar-refractivity contribution in [2.45, 2.75) is 59.3 Å². The van der Waals surface area contributed by atoms with Crippen LogP contribution in [0, 0.1) is 5.82 Å². The third-order valence-electron chi connectivity index (χ3n) is 2.68. The van der Waals surface area contributed by atoms with Crippen LogP contribution in [0.2, 0.25) is 0 Å². The van der Waals surface area contributed by atoms with Gasteiger partial charge in [-0.1, -0.05) is 0 Å². The topological polar surface area (TPSA) is 98.8 Å². The summed E-state index contributed by atoms with van der Waals surface area (Å²) in [6.45, 7) is 8.32. The first-order valence-electron chi connectivity index (χ1n) is 8.15. The molecule has 27 heavy (non-hydrogen) atoms. The molecule has 0 atom stereocenters. The molecule has 0 radical (unpaired) electrons. The van der Waals surface area contributed by atoms with Gasteiger partial charge < -0.3 is 19.5 Å². The molecule has 0 aliphatic heterocycles. The van der Waals surface area contributed by atoms with Gasteiger partial charge >= 0.3 is 12.2 Å². The van der Waals surface area contributed by atoms with Gasteiger partial charge in [0.1, 0.15) is 16.9 Å². The molecule has 0 saturated carbocycles. The normalized spacial score (nSPS) is 11.6. The van der Waals surface area contributed by atoms with Gasteiger partial charge in [-0.3, -0.25) is 10.3 Å². The van der Waals surface area contributed by atoms with E-state index in [9.17, 15) is 18.4 Å². The number of alkyl halides is 1. The van der Waals surface area contributed by atoms with E-state index in [0.29, 0.717) is 0 Å². The van der Waals surface area contributed by atoms with E-state index in [2.05, 4.69) is 20.4 Å². The summed E-state index contributed by atoms with van der Waals surface area (Å²) in [5, 5.41) is 4.58. The van der Waals surface area contributed by atoms with Crippen molar-refractivity contribution in [3.05, 3.63) is 17.7 Å². The largest absolute Gasteiger partial charge is 0.458 e. The molecule has 0 aromatic carbocycles. The lowest BCUT2D eigenvalue weighted by Gasteiger charge is -2.21. The van der Waals surface area contributed by atoms with E-state index in [1.165, 1.54) is 0 Å². The van der Waals surface area contributed by atoms with Crippen molar-refractivity contribution in [2.75, 3.05) is 12.2 Å². The maximum atomic E-state index is 14.6. The fourth-order valence-electron chi connectivity index (χ4n) is 1.80. The Morgan fingerprint density at radius 2 is 1.63 bits per heavy atom. The second-order valence-electron chi connectivity index (χ2n) is 7.50. The maximum Gasteiger partial charge on any atom is 0.412 e. The highest BCUT2D eigenvalue weighted by atomic mass is 19.1. The Kier molecular flexibility index (Phi) is 7.32. The van der Waals surface area contributed by atoms with E-state index < -0.39 is 41.8 Å². The van der Waals surface area contributed by atoms with E-state index in [1.54, 1.807) is 41.5 Å². The number of pyridine rings is 1. The molecule has 152 valence electrons. The lowest BCUT2D eigenvalue weighted by atomic mass is 10.2. The zero-order valence-corrected chi connectivity index (χ0v) is 16.2. The molecule has 0 fully saturated rings. The molecular formula is C17H25F2N3O5. The van der Waals surface area contributed by atoms with Crippen molar-refractivity contribution in [1.29, 1.82) is 0 Å². The highest BCUT2D eigenvalue weighted by Gasteiger charge is 2.22. The quantitative estimate of drug-likeness (QED) is 0.792. The molecule has 8 nitrogen and oxygen atoms in total. The molecule has 0 unspecified atom stereocenters. The van der Waals surface area contributed by atoms with Crippen LogP contribution in [0.4, 0.5) is 24.1 Å². The number of rotatable bonds is 5. The minimum Gasteiger partial charge on any atom is -0.458 e. The monoisotopic (exact) mass is 389 g/mol. The van der Waals surface area contributed by atoms with Crippen LogP contribution >= 0.6 is 0 Å². The van der Waals surface area contributed by atoms with E-state index in [0.717, 1.165) is 6.20 Å². The Hall–Kier alpha value is -2.65. The summed E-state index contributed by atoms with van der Waals surface area (Å²) in [6, 6.07) is 0. The van der Waals surface area contributed by atoms with Crippen LogP contribution in [-0.4, -0.2) is 35.2 Å². The van der Waals surface area contributed by atoms with Gasteiger partial charge in [0.2, 0.25) is 6.86 Å². The maximum absolute atomic E-state index is 14.6. The third kappa shape index (κ3) is 8.06. The number of carbonyl (C=O) groups excluding carboxylic acids is 2. The molecular weight excluding hydrogens is 364 g/mol. The van der Waals surface area contributed by atoms with Crippen LogP contribution < -0.4 is 15.4 Å². The highest BCUT2D eigenvalue weighted by Crippen LogP contribution is 2.29. The predicted octanol–water partition coefficient (Wildman–Crippen LogP) is 3.90. The van der Waals surface area contributed by atoms with Crippen LogP contribution in [0.25, 0.3) is 0 Å². The van der Waals surface area contributed by atoms with Crippen molar-refractivity contribution in [1.82, 2.24) is 10.3 Å². The van der Waals surface area contributed by atoms with Gasteiger partial charge in [0.15, 0.2) is 11.6 Å². The van der Waals surface area contributed by atoms with Crippen LogP contribution in [0.15, 0.2) is 6.20 Å². The average molecular weight is 389 g/mol. The minimum atomic E-state index is -1.33. The fourth-order valence-corrected chi connectivity index (χ4v) is 1.80. The molecule has 0 spiro atoms. The van der Waals surface area contributed by atoms with Gasteiger partial charge in [-0.2, -0.15) is 0 Å². The number of nitrogens with one attached hydrogen (secondary N) is 2. The molecule has 2 amide bonds. The van der Waals surface area contributed by atoms with Crippen LogP contribution in [0.3, 0.4) is 0 Å². The third-order valence-corrected chi connectivity index (χ3v) is 2.68. The molecule has 0 aliphatic rings. The standard InChI is InChI=1S/C17H25F2N3O5/c1-16(2,3)26-14(23)21-7-10-12(19)13(25-9-18)11(8-20-10)22-15(24)27-17(4,5)6/h8H,7,9H2,1-6H3,(H,21,23)(H,22,24). The number of ether oxygens (including phenoxy) is 3. The number of hydrogen-bond acceptors (Lipinski definition) is 6. The van der Waals surface area contributed by atoms with Crippen LogP contribution in [-0.2, 0) is 16.0 Å². The van der Waals surface area contributed by atoms with Crippen molar-refractivity contribution in [3.8, 4) is 5.75 Å². The zero-order chi connectivity index (χ0) is 20.8. The Bertz CT molecular complexity index is 684.